The summed E-state index contributed by atoms with van der Waals surface area (Å²) in [5.74, 6) is 0. The Morgan fingerprint density at radius 1 is 1.20 bits per heavy atom. The molecule has 6 heteroatoms. The summed E-state index contributed by atoms with van der Waals surface area (Å²) in [6.45, 7) is 3.84. The van der Waals surface area contributed by atoms with Crippen LogP contribution >= 0.6 is 0 Å². The van der Waals surface area contributed by atoms with Gasteiger partial charge in [-0.1, -0.05) is 30.3 Å². The Labute approximate surface area is 119 Å². The fourth-order valence-corrected chi connectivity index (χ4v) is 3.66. The van der Waals surface area contributed by atoms with Crippen molar-refractivity contribution in [2.24, 2.45) is 7.05 Å². The molecular formula is C14H19N3O2S. The molecule has 0 unspecified atom stereocenters. The van der Waals surface area contributed by atoms with E-state index in [2.05, 4.69) is 9.82 Å². The molecule has 0 fully saturated rings. The average molecular weight is 293 g/mol. The summed E-state index contributed by atoms with van der Waals surface area (Å²) >= 11 is 0. The smallest absolute Gasteiger partial charge is 0.244 e. The second-order valence-corrected chi connectivity index (χ2v) is 6.46. The van der Waals surface area contributed by atoms with Crippen molar-refractivity contribution in [1.82, 2.24) is 14.5 Å². The summed E-state index contributed by atoms with van der Waals surface area (Å²) in [6.07, 6.45) is 0.665. The summed E-state index contributed by atoms with van der Waals surface area (Å²) in [7, 11) is -1.76. The van der Waals surface area contributed by atoms with Crippen LogP contribution in [-0.4, -0.2) is 24.7 Å². The van der Waals surface area contributed by atoms with Gasteiger partial charge < -0.3 is 0 Å². The number of sulfonamides is 1. The third-order valence-corrected chi connectivity index (χ3v) is 4.97. The minimum Gasteiger partial charge on any atom is -0.271 e. The normalized spacial score (nSPS) is 11.8. The van der Waals surface area contributed by atoms with E-state index in [1.807, 2.05) is 30.3 Å². The topological polar surface area (TPSA) is 64.0 Å². The zero-order valence-electron chi connectivity index (χ0n) is 11.9. The van der Waals surface area contributed by atoms with Gasteiger partial charge in [0.15, 0.2) is 0 Å². The fourth-order valence-electron chi connectivity index (χ4n) is 2.19. The molecule has 0 bridgehead atoms. The van der Waals surface area contributed by atoms with Gasteiger partial charge in [-0.3, -0.25) is 4.68 Å². The van der Waals surface area contributed by atoms with Crippen molar-refractivity contribution in [2.75, 3.05) is 6.54 Å². The van der Waals surface area contributed by atoms with Crippen molar-refractivity contribution >= 4 is 10.0 Å². The first-order chi connectivity index (χ1) is 9.42. The van der Waals surface area contributed by atoms with E-state index < -0.39 is 10.0 Å². The van der Waals surface area contributed by atoms with Gasteiger partial charge in [0.25, 0.3) is 0 Å². The molecule has 0 amide bonds. The standard InChI is InChI=1S/C14H19N3O2S/c1-11-14(12(2)17(3)16-11)20(18,19)15-10-9-13-7-5-4-6-8-13/h4-8,15H,9-10H2,1-3H3. The Balaban J connectivity index is 2.08. The largest absolute Gasteiger partial charge is 0.271 e. The number of hydrogen-bond donors (Lipinski definition) is 1. The SMILES string of the molecule is Cc1nn(C)c(C)c1S(=O)(=O)NCCc1ccccc1. The van der Waals surface area contributed by atoms with Gasteiger partial charge in [0.1, 0.15) is 4.90 Å². The molecule has 0 radical (unpaired) electrons. The number of nitrogens with one attached hydrogen (secondary N) is 1. The molecule has 0 saturated carbocycles. The van der Waals surface area contributed by atoms with E-state index >= 15 is 0 Å². The van der Waals surface area contributed by atoms with Crippen LogP contribution in [0.3, 0.4) is 0 Å². The lowest BCUT2D eigenvalue weighted by atomic mass is 10.2. The van der Waals surface area contributed by atoms with E-state index in [0.717, 1.165) is 5.56 Å². The van der Waals surface area contributed by atoms with Crippen LogP contribution in [0.5, 0.6) is 0 Å². The van der Waals surface area contributed by atoms with Gasteiger partial charge in [-0.15, -0.1) is 0 Å². The Kier molecular flexibility index (Phi) is 4.25. The fraction of sp³-hybridized carbons (Fsp3) is 0.357. The van der Waals surface area contributed by atoms with Crippen LogP contribution in [0, 0.1) is 13.8 Å². The third-order valence-electron chi connectivity index (χ3n) is 3.26. The van der Waals surface area contributed by atoms with Crippen molar-refractivity contribution in [3.05, 3.63) is 47.3 Å². The number of aryl methyl sites for hydroxylation is 2. The van der Waals surface area contributed by atoms with Crippen molar-refractivity contribution in [2.45, 2.75) is 25.2 Å². The molecule has 1 aromatic heterocycles. The van der Waals surface area contributed by atoms with E-state index in [1.54, 1.807) is 25.6 Å². The highest BCUT2D eigenvalue weighted by atomic mass is 32.2. The molecule has 1 N–H and O–H groups in total. The molecule has 20 heavy (non-hydrogen) atoms. The summed E-state index contributed by atoms with van der Waals surface area (Å²) in [4.78, 5) is 0.285. The molecule has 2 rings (SSSR count). The van der Waals surface area contributed by atoms with E-state index in [1.165, 1.54) is 0 Å². The lowest BCUT2D eigenvalue weighted by molar-refractivity contribution is 0.580. The predicted molar refractivity (Wildman–Crippen MR) is 78.0 cm³/mol. The lowest BCUT2D eigenvalue weighted by Crippen LogP contribution is -2.27. The molecule has 108 valence electrons. The predicted octanol–water partition coefficient (Wildman–Crippen LogP) is 1.56. The van der Waals surface area contributed by atoms with Crippen LogP contribution in [0.2, 0.25) is 0 Å². The van der Waals surface area contributed by atoms with Gasteiger partial charge in [0.05, 0.1) is 11.4 Å². The molecule has 1 heterocycles. The molecule has 0 aliphatic carbocycles. The molecule has 0 atom stereocenters. The van der Waals surface area contributed by atoms with Crippen molar-refractivity contribution in [1.29, 1.82) is 0 Å². The lowest BCUT2D eigenvalue weighted by Gasteiger charge is -2.07. The monoisotopic (exact) mass is 293 g/mol. The Morgan fingerprint density at radius 2 is 1.85 bits per heavy atom. The van der Waals surface area contributed by atoms with E-state index in [-0.39, 0.29) is 4.90 Å². The van der Waals surface area contributed by atoms with Gasteiger partial charge in [0, 0.05) is 13.6 Å². The van der Waals surface area contributed by atoms with Crippen LogP contribution in [0.1, 0.15) is 17.0 Å². The Bertz CT molecular complexity index is 691. The zero-order valence-corrected chi connectivity index (χ0v) is 12.7. The molecule has 1 aromatic carbocycles. The van der Waals surface area contributed by atoms with Crippen LogP contribution in [0.15, 0.2) is 35.2 Å². The van der Waals surface area contributed by atoms with Gasteiger partial charge >= 0.3 is 0 Å². The van der Waals surface area contributed by atoms with Crippen LogP contribution in [0.4, 0.5) is 0 Å². The van der Waals surface area contributed by atoms with Crippen LogP contribution < -0.4 is 4.72 Å². The maximum atomic E-state index is 12.3. The average Bonchev–Trinajstić information content (AvgIpc) is 2.64. The first-order valence-corrected chi connectivity index (χ1v) is 7.94. The van der Waals surface area contributed by atoms with Gasteiger partial charge in [-0.05, 0) is 25.8 Å². The Hall–Kier alpha value is -1.66. The number of nitrogens with zero attached hydrogens (tertiary/aromatic N) is 2. The second-order valence-electron chi connectivity index (χ2n) is 4.76. The third kappa shape index (κ3) is 3.08. The first-order valence-electron chi connectivity index (χ1n) is 6.45. The molecule has 2 aromatic rings. The number of rotatable bonds is 5. The van der Waals surface area contributed by atoms with Crippen molar-refractivity contribution in [3.63, 3.8) is 0 Å². The molecule has 5 nitrogen and oxygen atoms in total. The highest BCUT2D eigenvalue weighted by molar-refractivity contribution is 7.89. The maximum absolute atomic E-state index is 12.3. The minimum absolute atomic E-state index is 0.285. The van der Waals surface area contributed by atoms with Gasteiger partial charge in [0.2, 0.25) is 10.0 Å². The molecule has 0 saturated heterocycles. The molecule has 0 aliphatic rings. The second kappa shape index (κ2) is 5.76. The zero-order chi connectivity index (χ0) is 14.8. The van der Waals surface area contributed by atoms with Crippen LogP contribution in [-0.2, 0) is 23.5 Å². The molecular weight excluding hydrogens is 274 g/mol. The Morgan fingerprint density at radius 3 is 2.40 bits per heavy atom. The highest BCUT2D eigenvalue weighted by Gasteiger charge is 2.23. The summed E-state index contributed by atoms with van der Waals surface area (Å²) in [5, 5.41) is 4.14. The van der Waals surface area contributed by atoms with E-state index in [9.17, 15) is 8.42 Å². The van der Waals surface area contributed by atoms with E-state index in [4.69, 9.17) is 0 Å². The number of benzene rings is 1. The summed E-state index contributed by atoms with van der Waals surface area (Å²) in [6, 6.07) is 9.79. The number of hydrogen-bond acceptors (Lipinski definition) is 3. The molecule has 0 spiro atoms. The highest BCUT2D eigenvalue weighted by Crippen LogP contribution is 2.18. The number of aromatic nitrogens is 2. The quantitative estimate of drug-likeness (QED) is 0.910. The first kappa shape index (κ1) is 14.7. The van der Waals surface area contributed by atoms with Crippen molar-refractivity contribution < 1.29 is 8.42 Å². The van der Waals surface area contributed by atoms with Gasteiger partial charge in [-0.2, -0.15) is 5.10 Å². The van der Waals surface area contributed by atoms with Crippen LogP contribution in [0.25, 0.3) is 0 Å². The van der Waals surface area contributed by atoms with Crippen molar-refractivity contribution in [3.8, 4) is 0 Å². The minimum atomic E-state index is -3.50. The maximum Gasteiger partial charge on any atom is 0.244 e. The van der Waals surface area contributed by atoms with E-state index in [0.29, 0.717) is 24.4 Å². The molecule has 0 aliphatic heterocycles. The summed E-state index contributed by atoms with van der Waals surface area (Å²) < 4.78 is 28.8. The van der Waals surface area contributed by atoms with Gasteiger partial charge in [-0.25, -0.2) is 13.1 Å². The summed E-state index contributed by atoms with van der Waals surface area (Å²) in [5.41, 5.74) is 2.28.